The van der Waals surface area contributed by atoms with E-state index in [0.717, 1.165) is 11.8 Å². The van der Waals surface area contributed by atoms with Gasteiger partial charge in [-0.25, -0.2) is 0 Å². The number of hydrogen-bond donors (Lipinski definition) is 2. The van der Waals surface area contributed by atoms with Crippen LogP contribution in [0, 0.1) is 5.41 Å². The molecule has 2 atom stereocenters. The third kappa shape index (κ3) is 3.14. The van der Waals surface area contributed by atoms with E-state index in [1.165, 1.54) is 44.3 Å². The van der Waals surface area contributed by atoms with Crippen LogP contribution in [0.4, 0.5) is 0 Å². The van der Waals surface area contributed by atoms with E-state index in [-0.39, 0.29) is 5.41 Å². The largest absolute Gasteiger partial charge is 0.396 e. The first kappa shape index (κ1) is 12.7. The number of nitrogens with one attached hydrogen (secondary N) is 1. The Morgan fingerprint density at radius 3 is 2.62 bits per heavy atom. The van der Waals surface area contributed by atoms with Gasteiger partial charge in [-0.05, 0) is 19.3 Å². The first-order valence-corrected chi connectivity index (χ1v) is 7.75. The number of aliphatic hydroxyl groups excluding tert-OH is 1. The summed E-state index contributed by atoms with van der Waals surface area (Å²) >= 11 is 2.07. The lowest BCUT2D eigenvalue weighted by molar-refractivity contribution is 0.0790. The van der Waals surface area contributed by atoms with Gasteiger partial charge >= 0.3 is 0 Å². The second-order valence-corrected chi connectivity index (χ2v) is 7.15. The van der Waals surface area contributed by atoms with Crippen molar-refractivity contribution in [2.75, 3.05) is 18.9 Å². The predicted molar refractivity (Wildman–Crippen MR) is 70.9 cm³/mol. The maximum Gasteiger partial charge on any atom is 0.0499 e. The van der Waals surface area contributed by atoms with E-state index in [9.17, 15) is 5.11 Å². The molecule has 1 aliphatic carbocycles. The molecule has 2 N–H and O–H groups in total. The van der Waals surface area contributed by atoms with E-state index in [1.54, 1.807) is 0 Å². The van der Waals surface area contributed by atoms with Gasteiger partial charge in [-0.15, -0.1) is 0 Å². The molecular weight excluding hydrogens is 218 g/mol. The molecule has 2 unspecified atom stereocenters. The lowest BCUT2D eigenvalue weighted by Crippen LogP contribution is -2.43. The molecule has 0 aromatic heterocycles. The Kier molecular flexibility index (Phi) is 4.57. The molecule has 1 heterocycles. The Morgan fingerprint density at radius 1 is 1.31 bits per heavy atom. The molecule has 0 amide bonds. The summed E-state index contributed by atoms with van der Waals surface area (Å²) in [5.74, 6) is 1.25. The van der Waals surface area contributed by atoms with Gasteiger partial charge in [0.1, 0.15) is 0 Å². The van der Waals surface area contributed by atoms with Crippen molar-refractivity contribution in [1.82, 2.24) is 5.32 Å². The van der Waals surface area contributed by atoms with Gasteiger partial charge in [0, 0.05) is 35.6 Å². The summed E-state index contributed by atoms with van der Waals surface area (Å²) in [5, 5.41) is 14.1. The van der Waals surface area contributed by atoms with Gasteiger partial charge in [0.25, 0.3) is 0 Å². The molecule has 0 bridgehead atoms. The monoisotopic (exact) mass is 243 g/mol. The smallest absolute Gasteiger partial charge is 0.0499 e. The number of thioether (sulfide) groups is 1. The van der Waals surface area contributed by atoms with E-state index in [2.05, 4.69) is 24.0 Å². The summed E-state index contributed by atoms with van der Waals surface area (Å²) in [4.78, 5) is 0. The maximum atomic E-state index is 9.62. The minimum Gasteiger partial charge on any atom is -0.396 e. The first-order valence-electron chi connectivity index (χ1n) is 6.70. The van der Waals surface area contributed by atoms with Crippen molar-refractivity contribution in [2.45, 2.75) is 56.7 Å². The summed E-state index contributed by atoms with van der Waals surface area (Å²) in [6, 6.07) is 0.686. The Balaban J connectivity index is 1.78. The van der Waals surface area contributed by atoms with Gasteiger partial charge in [0.05, 0.1) is 0 Å². The molecule has 2 aliphatic rings. The zero-order valence-corrected chi connectivity index (χ0v) is 11.2. The molecule has 0 radical (unpaired) electrons. The summed E-state index contributed by atoms with van der Waals surface area (Å²) in [6.45, 7) is 3.71. The minimum absolute atomic E-state index is 0.203. The van der Waals surface area contributed by atoms with Crippen LogP contribution < -0.4 is 5.32 Å². The predicted octanol–water partition coefficient (Wildman–Crippen LogP) is 2.41. The molecule has 1 aliphatic heterocycles. The fourth-order valence-electron chi connectivity index (χ4n) is 3.01. The van der Waals surface area contributed by atoms with Crippen molar-refractivity contribution < 1.29 is 5.11 Å². The maximum absolute atomic E-state index is 9.62. The average molecular weight is 243 g/mol. The van der Waals surface area contributed by atoms with Crippen molar-refractivity contribution in [1.29, 1.82) is 0 Å². The quantitative estimate of drug-likeness (QED) is 0.795. The molecule has 1 saturated heterocycles. The van der Waals surface area contributed by atoms with Crippen molar-refractivity contribution in [3.8, 4) is 0 Å². The van der Waals surface area contributed by atoms with Crippen molar-refractivity contribution in [3.63, 3.8) is 0 Å². The zero-order valence-electron chi connectivity index (χ0n) is 10.4. The van der Waals surface area contributed by atoms with Crippen LogP contribution in [0.5, 0.6) is 0 Å². The van der Waals surface area contributed by atoms with Crippen LogP contribution in [-0.4, -0.2) is 35.3 Å². The molecule has 0 aromatic carbocycles. The third-order valence-corrected chi connectivity index (χ3v) is 5.57. The molecule has 1 saturated carbocycles. The van der Waals surface area contributed by atoms with Gasteiger partial charge in [-0.2, -0.15) is 11.8 Å². The van der Waals surface area contributed by atoms with Crippen LogP contribution in [0.2, 0.25) is 0 Å². The van der Waals surface area contributed by atoms with E-state index in [0.29, 0.717) is 12.6 Å². The molecular formula is C13H25NOS. The fraction of sp³-hybridized carbons (Fsp3) is 1.00. The molecule has 2 fully saturated rings. The van der Waals surface area contributed by atoms with Crippen LogP contribution in [0.15, 0.2) is 0 Å². The molecule has 3 heteroatoms. The number of aliphatic hydroxyl groups is 1. The van der Waals surface area contributed by atoms with E-state index in [4.69, 9.17) is 0 Å². The highest BCUT2D eigenvalue weighted by atomic mass is 32.2. The van der Waals surface area contributed by atoms with Crippen LogP contribution >= 0.6 is 11.8 Å². The lowest BCUT2D eigenvalue weighted by atomic mass is 9.74. The highest BCUT2D eigenvalue weighted by molar-refractivity contribution is 8.00. The number of hydrogen-bond acceptors (Lipinski definition) is 3. The highest BCUT2D eigenvalue weighted by Gasteiger charge is 2.32. The van der Waals surface area contributed by atoms with Gasteiger partial charge in [0.15, 0.2) is 0 Å². The minimum atomic E-state index is 0.203. The Hall–Kier alpha value is 0.270. The Bertz CT molecular complexity index is 216. The van der Waals surface area contributed by atoms with E-state index < -0.39 is 0 Å². The standard InChI is InChI=1S/C13H25NOS/c1-11-7-12(8-16-11)14-9-13(10-15)5-3-2-4-6-13/h11-12,14-15H,2-10H2,1H3. The topological polar surface area (TPSA) is 32.3 Å². The van der Waals surface area contributed by atoms with E-state index in [1.807, 2.05) is 0 Å². The summed E-state index contributed by atoms with van der Waals surface area (Å²) in [5.41, 5.74) is 0.203. The van der Waals surface area contributed by atoms with Crippen LogP contribution in [0.25, 0.3) is 0 Å². The highest BCUT2D eigenvalue weighted by Crippen LogP contribution is 2.36. The summed E-state index contributed by atoms with van der Waals surface area (Å²) in [6.07, 6.45) is 7.69. The average Bonchev–Trinajstić information content (AvgIpc) is 2.74. The van der Waals surface area contributed by atoms with Crippen LogP contribution in [-0.2, 0) is 0 Å². The molecule has 16 heavy (non-hydrogen) atoms. The second kappa shape index (κ2) is 5.74. The number of rotatable bonds is 4. The van der Waals surface area contributed by atoms with Crippen molar-refractivity contribution in [3.05, 3.63) is 0 Å². The SMILES string of the molecule is CC1CC(NCC2(CO)CCCCC2)CS1. The van der Waals surface area contributed by atoms with Gasteiger partial charge in [-0.1, -0.05) is 26.2 Å². The molecule has 94 valence electrons. The van der Waals surface area contributed by atoms with Gasteiger partial charge in [0.2, 0.25) is 0 Å². The van der Waals surface area contributed by atoms with Gasteiger partial charge in [-0.3, -0.25) is 0 Å². The van der Waals surface area contributed by atoms with Crippen LogP contribution in [0.3, 0.4) is 0 Å². The molecule has 0 spiro atoms. The normalized spacial score (nSPS) is 34.1. The molecule has 2 nitrogen and oxygen atoms in total. The fourth-order valence-corrected chi connectivity index (χ4v) is 4.20. The van der Waals surface area contributed by atoms with Crippen LogP contribution in [0.1, 0.15) is 45.4 Å². The van der Waals surface area contributed by atoms with E-state index >= 15 is 0 Å². The zero-order chi connectivity index (χ0) is 11.4. The molecule has 0 aromatic rings. The van der Waals surface area contributed by atoms with Gasteiger partial charge < -0.3 is 10.4 Å². The van der Waals surface area contributed by atoms with Crippen molar-refractivity contribution in [2.24, 2.45) is 5.41 Å². The third-order valence-electron chi connectivity index (χ3n) is 4.21. The summed E-state index contributed by atoms with van der Waals surface area (Å²) in [7, 11) is 0. The van der Waals surface area contributed by atoms with Crippen molar-refractivity contribution >= 4 is 11.8 Å². The summed E-state index contributed by atoms with van der Waals surface area (Å²) < 4.78 is 0. The first-order chi connectivity index (χ1) is 7.74. The lowest BCUT2D eigenvalue weighted by Gasteiger charge is -2.36. The Labute approximate surface area is 104 Å². The molecule has 2 rings (SSSR count). The second-order valence-electron chi connectivity index (χ2n) is 5.68. The Morgan fingerprint density at radius 2 is 2.06 bits per heavy atom.